The Morgan fingerprint density at radius 2 is 1.73 bits per heavy atom. The number of nitrogens with one attached hydrogen (secondary N) is 1. The normalized spacial score (nSPS) is 19.4. The van der Waals surface area contributed by atoms with Crippen molar-refractivity contribution in [1.29, 1.82) is 0 Å². The van der Waals surface area contributed by atoms with E-state index in [2.05, 4.69) is 5.32 Å². The number of unbranched alkanes of at least 4 members (excludes halogenated alkanes) is 2. The van der Waals surface area contributed by atoms with Gasteiger partial charge in [0.25, 0.3) is 11.8 Å². The van der Waals surface area contributed by atoms with E-state index >= 15 is 0 Å². The van der Waals surface area contributed by atoms with Crippen LogP contribution in [0.5, 0.6) is 11.5 Å². The number of hydrogen-bond acceptors (Lipinski definition) is 12. The van der Waals surface area contributed by atoms with Gasteiger partial charge in [-0.15, -0.1) is 0 Å². The lowest BCUT2D eigenvalue weighted by atomic mass is 9.97. The van der Waals surface area contributed by atoms with Crippen LogP contribution in [0.15, 0.2) is 30.4 Å². The standard InChI is InChI=1S/C33H44N2O13/c1-33(2,3)32(43)47-19-21-8-9-22(18-25(21)46-20-23-17-24(36)29(40)30(48-23)31(41)42)45-16-15-44-14-12-34-26(37)7-5-4-6-13-35-27(38)10-11-28(35)39/h8-11,18,23,29-30,40H,4-7,12-17,19-20H2,1-3H3,(H,34,37)(H,41,42)/t23-,29+,30+/m1/s1. The molecule has 3 amide bonds. The fourth-order valence-electron chi connectivity index (χ4n) is 4.61. The molecule has 1 aromatic carbocycles. The van der Waals surface area contributed by atoms with Crippen LogP contribution in [0.25, 0.3) is 0 Å². The molecule has 48 heavy (non-hydrogen) atoms. The number of Topliss-reactive ketones (excluding diaryl/α,β-unsaturated/α-hetero) is 1. The average molecular weight is 677 g/mol. The van der Waals surface area contributed by atoms with Crippen molar-refractivity contribution in [1.82, 2.24) is 10.2 Å². The van der Waals surface area contributed by atoms with Crippen LogP contribution in [-0.4, -0.2) is 108 Å². The number of aliphatic carboxylic acids is 1. The SMILES string of the molecule is CC(C)(C)C(=O)OCc1ccc(OCCOCCNC(=O)CCCCCN2C(=O)C=CC2=O)cc1OC[C@H]1CC(=O)[C@H](O)[C@@H](C(=O)O)O1. The van der Waals surface area contributed by atoms with Crippen molar-refractivity contribution in [2.24, 2.45) is 5.41 Å². The van der Waals surface area contributed by atoms with Crippen LogP contribution in [0.2, 0.25) is 0 Å². The highest BCUT2D eigenvalue weighted by molar-refractivity contribution is 6.12. The number of ketones is 1. The Labute approximate surface area is 278 Å². The van der Waals surface area contributed by atoms with E-state index < -0.39 is 41.4 Å². The monoisotopic (exact) mass is 676 g/mol. The molecule has 0 spiro atoms. The van der Waals surface area contributed by atoms with Crippen molar-refractivity contribution in [3.63, 3.8) is 0 Å². The van der Waals surface area contributed by atoms with Crippen molar-refractivity contribution in [2.75, 3.05) is 39.5 Å². The molecular weight excluding hydrogens is 632 g/mol. The molecule has 1 aromatic rings. The summed E-state index contributed by atoms with van der Waals surface area (Å²) in [5.74, 6) is -2.63. The average Bonchev–Trinajstić information content (AvgIpc) is 3.35. The summed E-state index contributed by atoms with van der Waals surface area (Å²) in [6.07, 6.45) is 0.157. The second-order valence-electron chi connectivity index (χ2n) is 12.3. The van der Waals surface area contributed by atoms with Gasteiger partial charge in [0.05, 0.1) is 24.7 Å². The Kier molecular flexibility index (Phi) is 14.5. The molecule has 3 atom stereocenters. The van der Waals surface area contributed by atoms with Crippen molar-refractivity contribution in [3.05, 3.63) is 35.9 Å². The van der Waals surface area contributed by atoms with Crippen LogP contribution in [0.1, 0.15) is 58.4 Å². The van der Waals surface area contributed by atoms with Gasteiger partial charge >= 0.3 is 11.9 Å². The third kappa shape index (κ3) is 12.0. The molecule has 0 bridgehead atoms. The van der Waals surface area contributed by atoms with E-state index in [0.29, 0.717) is 50.1 Å². The topological polar surface area (TPSA) is 204 Å². The second kappa shape index (κ2) is 18.3. The van der Waals surface area contributed by atoms with Gasteiger partial charge in [0.15, 0.2) is 11.9 Å². The number of rotatable bonds is 19. The van der Waals surface area contributed by atoms with Crippen LogP contribution in [0.4, 0.5) is 0 Å². The Hall–Kier alpha value is -4.34. The largest absolute Gasteiger partial charge is 0.491 e. The predicted molar refractivity (Wildman–Crippen MR) is 167 cm³/mol. The van der Waals surface area contributed by atoms with Crippen molar-refractivity contribution < 1.29 is 62.7 Å². The zero-order valence-corrected chi connectivity index (χ0v) is 27.4. The van der Waals surface area contributed by atoms with Crippen LogP contribution in [-0.2, 0) is 49.6 Å². The van der Waals surface area contributed by atoms with E-state index in [1.165, 1.54) is 17.1 Å². The number of carboxylic acids is 1. The quantitative estimate of drug-likeness (QED) is 0.108. The summed E-state index contributed by atoms with van der Waals surface area (Å²) in [7, 11) is 0. The van der Waals surface area contributed by atoms with Gasteiger partial charge in [-0.1, -0.05) is 6.42 Å². The molecule has 3 N–H and O–H groups in total. The van der Waals surface area contributed by atoms with Gasteiger partial charge in [-0.05, 0) is 45.7 Å². The van der Waals surface area contributed by atoms with E-state index in [-0.39, 0.29) is 62.9 Å². The molecule has 0 aliphatic carbocycles. The first-order valence-electron chi connectivity index (χ1n) is 15.8. The number of esters is 1. The molecule has 2 aliphatic rings. The molecule has 15 heteroatoms. The van der Waals surface area contributed by atoms with Gasteiger partial charge in [-0.25, -0.2) is 4.79 Å². The highest BCUT2D eigenvalue weighted by atomic mass is 16.6. The van der Waals surface area contributed by atoms with Crippen LogP contribution in [0.3, 0.4) is 0 Å². The van der Waals surface area contributed by atoms with Gasteiger partial charge < -0.3 is 39.2 Å². The third-order valence-corrected chi connectivity index (χ3v) is 7.31. The molecule has 0 saturated carbocycles. The van der Waals surface area contributed by atoms with E-state index in [1.807, 2.05) is 0 Å². The molecule has 2 heterocycles. The van der Waals surface area contributed by atoms with Gasteiger partial charge in [-0.3, -0.25) is 28.9 Å². The number of aliphatic hydroxyl groups excluding tert-OH is 1. The Bertz CT molecular complexity index is 1340. The maximum absolute atomic E-state index is 12.3. The Morgan fingerprint density at radius 1 is 1.00 bits per heavy atom. The van der Waals surface area contributed by atoms with Gasteiger partial charge in [0.2, 0.25) is 5.91 Å². The molecule has 1 fully saturated rings. The molecule has 0 unspecified atom stereocenters. The lowest BCUT2D eigenvalue weighted by molar-refractivity contribution is -0.181. The zero-order chi connectivity index (χ0) is 35.3. The fourth-order valence-corrected chi connectivity index (χ4v) is 4.61. The Balaban J connectivity index is 1.39. The minimum absolute atomic E-state index is 0.111. The van der Waals surface area contributed by atoms with Crippen LogP contribution in [0, 0.1) is 5.41 Å². The first kappa shape index (κ1) is 38.1. The van der Waals surface area contributed by atoms with Gasteiger partial charge in [0, 0.05) is 49.7 Å². The minimum Gasteiger partial charge on any atom is -0.491 e. The highest BCUT2D eigenvalue weighted by Crippen LogP contribution is 2.28. The minimum atomic E-state index is -1.76. The highest BCUT2D eigenvalue weighted by Gasteiger charge is 2.41. The van der Waals surface area contributed by atoms with Crippen molar-refractivity contribution in [3.8, 4) is 11.5 Å². The van der Waals surface area contributed by atoms with Crippen LogP contribution >= 0.6 is 0 Å². The number of imide groups is 1. The molecule has 264 valence electrons. The number of carbonyl (C=O) groups excluding carboxylic acids is 5. The number of carboxylic acid groups (broad SMARTS) is 1. The molecule has 15 nitrogen and oxygen atoms in total. The van der Waals surface area contributed by atoms with Crippen LogP contribution < -0.4 is 14.8 Å². The summed E-state index contributed by atoms with van der Waals surface area (Å²) in [6, 6.07) is 4.87. The summed E-state index contributed by atoms with van der Waals surface area (Å²) in [4.78, 5) is 72.1. The summed E-state index contributed by atoms with van der Waals surface area (Å²) in [5.41, 5.74) is -0.230. The third-order valence-electron chi connectivity index (χ3n) is 7.31. The lowest BCUT2D eigenvalue weighted by Gasteiger charge is -2.30. The van der Waals surface area contributed by atoms with Crippen molar-refractivity contribution >= 4 is 35.4 Å². The molecule has 3 rings (SSSR count). The maximum atomic E-state index is 12.3. The number of ether oxygens (including phenoxy) is 5. The molecular formula is C33H44N2O13. The summed E-state index contributed by atoms with van der Waals surface area (Å²) in [5, 5.41) is 21.9. The first-order valence-corrected chi connectivity index (χ1v) is 15.8. The summed E-state index contributed by atoms with van der Waals surface area (Å²) < 4.78 is 28.0. The fraction of sp³-hybridized carbons (Fsp3) is 0.576. The molecule has 0 aromatic heterocycles. The predicted octanol–water partition coefficient (Wildman–Crippen LogP) is 1.32. The number of benzene rings is 1. The van der Waals surface area contributed by atoms with E-state index in [4.69, 9.17) is 23.7 Å². The molecule has 1 saturated heterocycles. The number of amides is 3. The van der Waals surface area contributed by atoms with E-state index in [0.717, 1.165) is 0 Å². The van der Waals surface area contributed by atoms with E-state index in [1.54, 1.807) is 39.0 Å². The Morgan fingerprint density at radius 3 is 2.42 bits per heavy atom. The summed E-state index contributed by atoms with van der Waals surface area (Å²) in [6.45, 7) is 6.14. The summed E-state index contributed by atoms with van der Waals surface area (Å²) >= 11 is 0. The number of nitrogens with zero attached hydrogens (tertiary/aromatic N) is 1. The second-order valence-corrected chi connectivity index (χ2v) is 12.3. The zero-order valence-electron chi connectivity index (χ0n) is 27.4. The molecule has 2 aliphatic heterocycles. The number of aliphatic hydroxyl groups is 1. The van der Waals surface area contributed by atoms with Gasteiger partial charge in [0.1, 0.15) is 37.4 Å². The van der Waals surface area contributed by atoms with Crippen molar-refractivity contribution in [2.45, 2.75) is 77.8 Å². The first-order chi connectivity index (χ1) is 22.8. The number of carbonyl (C=O) groups is 6. The maximum Gasteiger partial charge on any atom is 0.336 e. The van der Waals surface area contributed by atoms with E-state index in [9.17, 15) is 39.0 Å². The smallest absolute Gasteiger partial charge is 0.336 e. The number of hydrogen-bond donors (Lipinski definition) is 3. The lowest BCUT2D eigenvalue weighted by Crippen LogP contribution is -2.51. The molecule has 0 radical (unpaired) electrons. The van der Waals surface area contributed by atoms with Gasteiger partial charge in [-0.2, -0.15) is 0 Å².